The van der Waals surface area contributed by atoms with Gasteiger partial charge in [-0.3, -0.25) is 4.79 Å². The predicted molar refractivity (Wildman–Crippen MR) is 139 cm³/mol. The highest BCUT2D eigenvalue weighted by molar-refractivity contribution is 6.01. The maximum atomic E-state index is 13.6. The average Bonchev–Trinajstić information content (AvgIpc) is 3.06. The number of rotatable bonds is 2. The van der Waals surface area contributed by atoms with Gasteiger partial charge in [-0.05, 0) is 59.7 Å². The van der Waals surface area contributed by atoms with Crippen molar-refractivity contribution in [1.29, 1.82) is 0 Å². The Morgan fingerprint density at radius 3 is 2.43 bits per heavy atom. The van der Waals surface area contributed by atoms with Gasteiger partial charge in [0.15, 0.2) is 17.3 Å². The minimum absolute atomic E-state index is 0.0390. The maximum Gasteiger partial charge on any atom is 0.162 e. The molecule has 35 heavy (non-hydrogen) atoms. The van der Waals surface area contributed by atoms with Crippen LogP contribution in [0.2, 0.25) is 0 Å². The molecule has 4 aliphatic rings. The van der Waals surface area contributed by atoms with E-state index in [1.165, 1.54) is 28.1 Å². The van der Waals surface area contributed by atoms with Crippen LogP contribution in [0.3, 0.4) is 0 Å². The number of hydrogen-bond donors (Lipinski definition) is 0. The third-order valence-electron chi connectivity index (χ3n) is 7.77. The van der Waals surface area contributed by atoms with Crippen molar-refractivity contribution in [2.75, 3.05) is 38.8 Å². The predicted octanol–water partition coefficient (Wildman–Crippen LogP) is 5.55. The molecule has 0 aromatic heterocycles. The largest absolute Gasteiger partial charge is 0.490 e. The molecule has 3 heterocycles. The lowest BCUT2D eigenvalue weighted by Gasteiger charge is -2.46. The van der Waals surface area contributed by atoms with Crippen molar-refractivity contribution in [2.24, 2.45) is 5.41 Å². The molecular weight excluding hydrogens is 436 g/mol. The lowest BCUT2D eigenvalue weighted by Crippen LogP contribution is -2.40. The fourth-order valence-electron chi connectivity index (χ4n) is 6.03. The van der Waals surface area contributed by atoms with Gasteiger partial charge in [0.2, 0.25) is 0 Å². The van der Waals surface area contributed by atoms with Crippen LogP contribution in [-0.2, 0) is 11.2 Å². The molecule has 0 N–H and O–H groups in total. The zero-order chi connectivity index (χ0) is 24.3. The summed E-state index contributed by atoms with van der Waals surface area (Å²) in [6.45, 7) is 6.69. The van der Waals surface area contributed by atoms with E-state index in [9.17, 15) is 4.79 Å². The number of carbonyl (C=O) groups is 1. The molecular formula is C30H34N2O3. The normalized spacial score (nSPS) is 22.5. The molecule has 0 spiro atoms. The minimum Gasteiger partial charge on any atom is -0.490 e. The van der Waals surface area contributed by atoms with Gasteiger partial charge in [0.1, 0.15) is 0 Å². The zero-order valence-corrected chi connectivity index (χ0v) is 21.2. The average molecular weight is 471 g/mol. The summed E-state index contributed by atoms with van der Waals surface area (Å²) in [5, 5.41) is 0. The Hall–Kier alpha value is -3.21. The number of benzene rings is 2. The molecule has 2 aromatic carbocycles. The Labute approximate surface area is 208 Å². The number of ketones is 1. The van der Waals surface area contributed by atoms with Gasteiger partial charge in [-0.1, -0.05) is 26.0 Å². The van der Waals surface area contributed by atoms with Gasteiger partial charge >= 0.3 is 0 Å². The fourth-order valence-corrected chi connectivity index (χ4v) is 6.03. The number of ether oxygens (including phenoxy) is 2. The van der Waals surface area contributed by atoms with Gasteiger partial charge in [0, 0.05) is 67.6 Å². The lowest BCUT2D eigenvalue weighted by molar-refractivity contribution is -0.118. The van der Waals surface area contributed by atoms with Gasteiger partial charge in [-0.15, -0.1) is 0 Å². The van der Waals surface area contributed by atoms with E-state index in [4.69, 9.17) is 9.47 Å². The van der Waals surface area contributed by atoms with Crippen LogP contribution < -0.4 is 14.4 Å². The molecule has 0 fully saturated rings. The molecule has 1 aliphatic carbocycles. The van der Waals surface area contributed by atoms with E-state index >= 15 is 0 Å². The molecule has 1 atom stereocenters. The highest BCUT2D eigenvalue weighted by Crippen LogP contribution is 2.51. The quantitative estimate of drug-likeness (QED) is 0.575. The van der Waals surface area contributed by atoms with Crippen LogP contribution >= 0.6 is 0 Å². The summed E-state index contributed by atoms with van der Waals surface area (Å²) in [6.07, 6.45) is 5.66. The van der Waals surface area contributed by atoms with E-state index < -0.39 is 0 Å². The first kappa shape index (κ1) is 22.3. The Morgan fingerprint density at radius 1 is 1.00 bits per heavy atom. The van der Waals surface area contributed by atoms with E-state index in [0.717, 1.165) is 48.6 Å². The summed E-state index contributed by atoms with van der Waals surface area (Å²) in [4.78, 5) is 18.1. The molecule has 3 aliphatic heterocycles. The molecule has 0 radical (unpaired) electrons. The lowest BCUT2D eigenvalue weighted by atomic mass is 9.69. The van der Waals surface area contributed by atoms with Gasteiger partial charge in [-0.25, -0.2) is 0 Å². The van der Waals surface area contributed by atoms with Gasteiger partial charge in [0.05, 0.1) is 13.2 Å². The second-order valence-corrected chi connectivity index (χ2v) is 11.2. The number of allylic oxidation sites excluding steroid dienone is 3. The highest BCUT2D eigenvalue weighted by atomic mass is 16.5. The van der Waals surface area contributed by atoms with Crippen molar-refractivity contribution in [2.45, 2.75) is 45.4 Å². The van der Waals surface area contributed by atoms with Crippen LogP contribution in [0.1, 0.15) is 55.7 Å². The summed E-state index contributed by atoms with van der Waals surface area (Å²) in [7, 11) is 4.10. The number of carbonyl (C=O) groups excluding carboxylic acids is 1. The number of Topliss-reactive ketones (excluding diaryl/α,β-unsaturated/α-hetero) is 1. The van der Waals surface area contributed by atoms with Crippen LogP contribution in [0.25, 0.3) is 5.70 Å². The summed E-state index contributed by atoms with van der Waals surface area (Å²) in [5.41, 5.74) is 8.20. The second kappa shape index (κ2) is 8.18. The first-order valence-corrected chi connectivity index (χ1v) is 12.8. The second-order valence-electron chi connectivity index (χ2n) is 11.2. The Bertz CT molecular complexity index is 1250. The van der Waals surface area contributed by atoms with Gasteiger partial charge < -0.3 is 19.3 Å². The molecule has 0 saturated heterocycles. The number of hydrogen-bond acceptors (Lipinski definition) is 5. The van der Waals surface area contributed by atoms with Crippen molar-refractivity contribution in [3.63, 3.8) is 0 Å². The maximum absolute atomic E-state index is 13.6. The fraction of sp³-hybridized carbons (Fsp3) is 0.433. The molecule has 0 bridgehead atoms. The summed E-state index contributed by atoms with van der Waals surface area (Å²) in [6, 6.07) is 13.0. The number of nitrogens with zero attached hydrogens (tertiary/aromatic N) is 2. The van der Waals surface area contributed by atoms with E-state index in [1.54, 1.807) is 0 Å². The first-order chi connectivity index (χ1) is 16.8. The summed E-state index contributed by atoms with van der Waals surface area (Å²) in [5.74, 6) is 1.93. The molecule has 0 amide bonds. The Balaban J connectivity index is 1.50. The molecule has 6 rings (SSSR count). The number of fused-ring (bicyclic) bond motifs is 5. The van der Waals surface area contributed by atoms with Crippen LogP contribution in [0.15, 0.2) is 53.7 Å². The van der Waals surface area contributed by atoms with Crippen LogP contribution in [0, 0.1) is 5.41 Å². The SMILES string of the molecule is CN(C)c1ccc([C@H]2C=C3c4cc5c(cc4CCN3C3=C2C(=O)CC(C)(C)C3)OCCCO5)cc1. The van der Waals surface area contributed by atoms with Crippen molar-refractivity contribution < 1.29 is 14.3 Å². The molecule has 0 saturated carbocycles. The molecule has 0 unspecified atom stereocenters. The zero-order valence-electron chi connectivity index (χ0n) is 21.2. The van der Waals surface area contributed by atoms with E-state index in [0.29, 0.717) is 19.6 Å². The summed E-state index contributed by atoms with van der Waals surface area (Å²) >= 11 is 0. The topological polar surface area (TPSA) is 42.0 Å². The highest BCUT2D eigenvalue weighted by Gasteiger charge is 2.42. The van der Waals surface area contributed by atoms with Crippen molar-refractivity contribution in [3.8, 4) is 11.5 Å². The third kappa shape index (κ3) is 3.81. The van der Waals surface area contributed by atoms with Crippen molar-refractivity contribution >= 4 is 17.2 Å². The first-order valence-electron chi connectivity index (χ1n) is 12.8. The van der Waals surface area contributed by atoms with Crippen LogP contribution in [0.4, 0.5) is 5.69 Å². The Morgan fingerprint density at radius 2 is 1.71 bits per heavy atom. The summed E-state index contributed by atoms with van der Waals surface area (Å²) < 4.78 is 12.0. The van der Waals surface area contributed by atoms with E-state index in [-0.39, 0.29) is 17.1 Å². The molecule has 182 valence electrons. The van der Waals surface area contributed by atoms with E-state index in [2.05, 4.69) is 80.2 Å². The van der Waals surface area contributed by atoms with Crippen LogP contribution in [0.5, 0.6) is 11.5 Å². The molecule has 5 heteroatoms. The van der Waals surface area contributed by atoms with Gasteiger partial charge in [-0.2, -0.15) is 0 Å². The monoisotopic (exact) mass is 470 g/mol. The number of anilines is 1. The van der Waals surface area contributed by atoms with Crippen molar-refractivity contribution in [1.82, 2.24) is 4.90 Å². The molecule has 2 aromatic rings. The third-order valence-corrected chi connectivity index (χ3v) is 7.77. The van der Waals surface area contributed by atoms with Crippen molar-refractivity contribution in [3.05, 3.63) is 70.4 Å². The van der Waals surface area contributed by atoms with Crippen LogP contribution in [-0.4, -0.2) is 44.5 Å². The molecule has 5 nitrogen and oxygen atoms in total. The standard InChI is InChI=1S/C30H34N2O3/c1-30(2)17-25-29(26(33)18-30)23(19-6-8-21(9-7-19)31(3)4)15-24-22-16-28-27(34-12-5-13-35-28)14-20(22)10-11-32(24)25/h6-9,14-16,23H,5,10-13,17-18H2,1-4H3/t23-/m1/s1. The van der Waals surface area contributed by atoms with E-state index in [1.807, 2.05) is 0 Å². The van der Waals surface area contributed by atoms with Gasteiger partial charge in [0.25, 0.3) is 0 Å². The smallest absolute Gasteiger partial charge is 0.162 e. The Kier molecular flexibility index (Phi) is 5.21. The minimum atomic E-state index is -0.0435.